The predicted molar refractivity (Wildman–Crippen MR) is 90.9 cm³/mol. The van der Waals surface area contributed by atoms with Crippen molar-refractivity contribution in [3.63, 3.8) is 0 Å². The highest BCUT2D eigenvalue weighted by Gasteiger charge is 2.07. The van der Waals surface area contributed by atoms with E-state index in [1.54, 1.807) is 26.2 Å². The van der Waals surface area contributed by atoms with Gasteiger partial charge in [-0.2, -0.15) is 0 Å². The zero-order chi connectivity index (χ0) is 16.7. The first-order valence-corrected chi connectivity index (χ1v) is 7.28. The molecule has 0 N–H and O–H groups in total. The van der Waals surface area contributed by atoms with E-state index >= 15 is 0 Å². The van der Waals surface area contributed by atoms with Crippen LogP contribution in [0.1, 0.15) is 21.5 Å². The summed E-state index contributed by atoms with van der Waals surface area (Å²) in [6.45, 7) is 3.74. The first-order valence-electron chi connectivity index (χ1n) is 6.53. The summed E-state index contributed by atoms with van der Waals surface area (Å²) in [6, 6.07) is 8.97. The average molecular weight is 341 g/mol. The highest BCUT2D eigenvalue weighted by Crippen LogP contribution is 2.26. The monoisotopic (exact) mass is 340 g/mol. The Morgan fingerprint density at radius 2 is 1.59 bits per heavy atom. The summed E-state index contributed by atoms with van der Waals surface area (Å²) >= 11 is 11.6. The molecule has 5 heteroatoms. The number of benzene rings is 2. The summed E-state index contributed by atoms with van der Waals surface area (Å²) in [7, 11) is 3.17. The number of halogens is 2. The molecule has 2 aromatic rings. The van der Waals surface area contributed by atoms with Crippen LogP contribution in [0.25, 0.3) is 0 Å². The molecule has 0 atom stereocenters. The SMILES string of the molecule is COc1ccc(Cl)c(C)c1.COc1ccc(Cl)c(C)c1C=O. The van der Waals surface area contributed by atoms with Gasteiger partial charge in [-0.25, -0.2) is 0 Å². The number of rotatable bonds is 3. The van der Waals surface area contributed by atoms with Gasteiger partial charge in [0.05, 0.1) is 19.8 Å². The molecule has 22 heavy (non-hydrogen) atoms. The second kappa shape index (κ2) is 8.66. The van der Waals surface area contributed by atoms with E-state index in [4.69, 9.17) is 32.7 Å². The molecule has 2 rings (SSSR count). The second-order valence-corrected chi connectivity index (χ2v) is 5.34. The number of hydrogen-bond donors (Lipinski definition) is 0. The molecule has 0 aliphatic carbocycles. The van der Waals surface area contributed by atoms with E-state index < -0.39 is 0 Å². The molecule has 0 saturated carbocycles. The Morgan fingerprint density at radius 1 is 0.955 bits per heavy atom. The maximum atomic E-state index is 10.6. The second-order valence-electron chi connectivity index (χ2n) is 4.52. The van der Waals surface area contributed by atoms with Gasteiger partial charge in [0, 0.05) is 10.0 Å². The lowest BCUT2D eigenvalue weighted by Crippen LogP contribution is -1.93. The molecule has 0 radical (unpaired) electrons. The minimum atomic E-state index is 0.519. The molecule has 118 valence electrons. The lowest BCUT2D eigenvalue weighted by atomic mass is 10.1. The van der Waals surface area contributed by atoms with Crippen LogP contribution in [-0.4, -0.2) is 20.5 Å². The minimum Gasteiger partial charge on any atom is -0.497 e. The molecule has 0 saturated heterocycles. The largest absolute Gasteiger partial charge is 0.497 e. The van der Waals surface area contributed by atoms with Crippen LogP contribution < -0.4 is 9.47 Å². The van der Waals surface area contributed by atoms with E-state index in [2.05, 4.69) is 0 Å². The van der Waals surface area contributed by atoms with Crippen molar-refractivity contribution >= 4 is 29.5 Å². The molecule has 0 fully saturated rings. The fraction of sp³-hybridized carbons (Fsp3) is 0.235. The van der Waals surface area contributed by atoms with Gasteiger partial charge in [0.25, 0.3) is 0 Å². The van der Waals surface area contributed by atoms with E-state index in [-0.39, 0.29) is 0 Å². The maximum absolute atomic E-state index is 10.6. The molecular formula is C17H18Cl2O3. The number of aldehydes is 1. The van der Waals surface area contributed by atoms with Gasteiger partial charge >= 0.3 is 0 Å². The van der Waals surface area contributed by atoms with Gasteiger partial charge in [0.15, 0.2) is 6.29 Å². The molecule has 0 amide bonds. The van der Waals surface area contributed by atoms with Gasteiger partial charge < -0.3 is 9.47 Å². The van der Waals surface area contributed by atoms with Gasteiger partial charge in [-0.15, -0.1) is 0 Å². The number of carbonyl (C=O) groups excluding carboxylic acids is 1. The van der Waals surface area contributed by atoms with Crippen LogP contribution in [0.3, 0.4) is 0 Å². The third-order valence-corrected chi connectivity index (χ3v) is 3.95. The summed E-state index contributed by atoms with van der Waals surface area (Å²) in [5.41, 5.74) is 2.32. The molecule has 0 aromatic heterocycles. The molecule has 0 unspecified atom stereocenters. The summed E-state index contributed by atoms with van der Waals surface area (Å²) in [5.74, 6) is 1.41. The molecule has 0 aliphatic heterocycles. The van der Waals surface area contributed by atoms with Crippen LogP contribution >= 0.6 is 23.2 Å². The van der Waals surface area contributed by atoms with E-state index in [9.17, 15) is 4.79 Å². The normalized spacial score (nSPS) is 9.55. The molecule has 0 aliphatic rings. The number of carbonyl (C=O) groups is 1. The molecule has 0 spiro atoms. The maximum Gasteiger partial charge on any atom is 0.154 e. The lowest BCUT2D eigenvalue weighted by molar-refractivity contribution is 0.112. The number of hydrogen-bond acceptors (Lipinski definition) is 3. The fourth-order valence-corrected chi connectivity index (χ4v) is 2.03. The highest BCUT2D eigenvalue weighted by molar-refractivity contribution is 6.32. The van der Waals surface area contributed by atoms with Crippen LogP contribution in [-0.2, 0) is 0 Å². The summed E-state index contributed by atoms with van der Waals surface area (Å²) in [4.78, 5) is 10.6. The topological polar surface area (TPSA) is 35.5 Å². The van der Waals surface area contributed by atoms with Crippen molar-refractivity contribution in [1.82, 2.24) is 0 Å². The predicted octanol–water partition coefficient (Wildman–Crippen LogP) is 5.13. The number of ether oxygens (including phenoxy) is 2. The Hall–Kier alpha value is -1.71. The Morgan fingerprint density at radius 3 is 2.09 bits per heavy atom. The van der Waals surface area contributed by atoms with Crippen LogP contribution in [0.5, 0.6) is 11.5 Å². The third kappa shape index (κ3) is 4.65. The van der Waals surface area contributed by atoms with Crippen LogP contribution in [0.4, 0.5) is 0 Å². The van der Waals surface area contributed by atoms with E-state index in [0.717, 1.165) is 28.2 Å². The minimum absolute atomic E-state index is 0.519. The highest BCUT2D eigenvalue weighted by atomic mass is 35.5. The van der Waals surface area contributed by atoms with Gasteiger partial charge in [-0.05, 0) is 55.3 Å². The zero-order valence-corrected chi connectivity index (χ0v) is 14.5. The van der Waals surface area contributed by atoms with Crippen molar-refractivity contribution in [1.29, 1.82) is 0 Å². The van der Waals surface area contributed by atoms with Crippen molar-refractivity contribution in [2.24, 2.45) is 0 Å². The first-order chi connectivity index (χ1) is 10.4. The van der Waals surface area contributed by atoms with Crippen molar-refractivity contribution in [3.05, 3.63) is 57.1 Å². The molecule has 0 heterocycles. The van der Waals surface area contributed by atoms with Crippen LogP contribution in [0.2, 0.25) is 10.0 Å². The van der Waals surface area contributed by atoms with Gasteiger partial charge in [0.1, 0.15) is 11.5 Å². The van der Waals surface area contributed by atoms with Gasteiger partial charge in [-0.1, -0.05) is 23.2 Å². The quantitative estimate of drug-likeness (QED) is 0.727. The fourth-order valence-electron chi connectivity index (χ4n) is 1.75. The van der Waals surface area contributed by atoms with Crippen molar-refractivity contribution < 1.29 is 14.3 Å². The standard InChI is InChI=1S/C9H9ClO2.C8H9ClO/c1-6-7(5-11)9(12-2)4-3-8(6)10;1-6-5-7(10-2)3-4-8(6)9/h3-5H,1-2H3;3-5H,1-2H3. The number of methoxy groups -OCH3 is 2. The third-order valence-electron chi connectivity index (χ3n) is 3.11. The number of aryl methyl sites for hydroxylation is 1. The van der Waals surface area contributed by atoms with Crippen molar-refractivity contribution in [2.75, 3.05) is 14.2 Å². The Labute approximate surface area is 140 Å². The Kier molecular flexibility index (Phi) is 7.22. The Bertz CT molecular complexity index is 655. The van der Waals surface area contributed by atoms with E-state index in [1.165, 1.54) is 7.11 Å². The molecule has 2 aromatic carbocycles. The van der Waals surface area contributed by atoms with Crippen LogP contribution in [0, 0.1) is 13.8 Å². The summed E-state index contributed by atoms with van der Waals surface area (Å²) in [6.07, 6.45) is 0.750. The van der Waals surface area contributed by atoms with E-state index in [1.807, 2.05) is 25.1 Å². The van der Waals surface area contributed by atoms with Crippen molar-refractivity contribution in [3.8, 4) is 11.5 Å². The van der Waals surface area contributed by atoms with Gasteiger partial charge in [-0.3, -0.25) is 4.79 Å². The molecular weight excluding hydrogens is 323 g/mol. The summed E-state index contributed by atoms with van der Waals surface area (Å²) < 4.78 is 9.97. The zero-order valence-electron chi connectivity index (χ0n) is 12.9. The Balaban J connectivity index is 0.000000224. The summed E-state index contributed by atoms with van der Waals surface area (Å²) in [5, 5.41) is 1.36. The molecule has 3 nitrogen and oxygen atoms in total. The van der Waals surface area contributed by atoms with Crippen molar-refractivity contribution in [2.45, 2.75) is 13.8 Å². The van der Waals surface area contributed by atoms with Gasteiger partial charge in [0.2, 0.25) is 0 Å². The smallest absolute Gasteiger partial charge is 0.154 e. The lowest BCUT2D eigenvalue weighted by Gasteiger charge is -2.06. The van der Waals surface area contributed by atoms with Crippen LogP contribution in [0.15, 0.2) is 30.3 Å². The molecule has 0 bridgehead atoms. The first kappa shape index (κ1) is 18.3. The van der Waals surface area contributed by atoms with E-state index in [0.29, 0.717) is 16.3 Å². The average Bonchev–Trinajstić information content (AvgIpc) is 2.53.